The van der Waals surface area contributed by atoms with Gasteiger partial charge in [-0.3, -0.25) is 4.90 Å². The molecule has 21 heavy (non-hydrogen) atoms. The van der Waals surface area contributed by atoms with Crippen molar-refractivity contribution < 1.29 is 17.9 Å². The SMILES string of the molecule is CN(CC(C)(C)C)C(CN)c1ccccc1OC(F)(F)F. The number of hydrogen-bond donors (Lipinski definition) is 1. The maximum absolute atomic E-state index is 12.5. The molecule has 1 unspecified atom stereocenters. The molecule has 0 saturated heterocycles. The van der Waals surface area contributed by atoms with Crippen LogP contribution in [0.3, 0.4) is 0 Å². The molecule has 0 spiro atoms. The molecule has 2 N–H and O–H groups in total. The Bertz CT molecular complexity index is 455. The van der Waals surface area contributed by atoms with Crippen LogP contribution in [0.5, 0.6) is 5.75 Å². The summed E-state index contributed by atoms with van der Waals surface area (Å²) in [6.07, 6.45) is -4.71. The average Bonchev–Trinajstić information content (AvgIpc) is 2.27. The summed E-state index contributed by atoms with van der Waals surface area (Å²) in [4.78, 5) is 1.96. The zero-order chi connectivity index (χ0) is 16.3. The minimum Gasteiger partial charge on any atom is -0.405 e. The summed E-state index contributed by atoms with van der Waals surface area (Å²) >= 11 is 0. The minimum atomic E-state index is -4.71. The smallest absolute Gasteiger partial charge is 0.405 e. The van der Waals surface area contributed by atoms with E-state index in [-0.39, 0.29) is 23.8 Å². The molecule has 0 amide bonds. The van der Waals surface area contributed by atoms with Crippen LogP contribution in [0, 0.1) is 5.41 Å². The minimum absolute atomic E-state index is 0.0159. The molecule has 1 aromatic rings. The highest BCUT2D eigenvalue weighted by Gasteiger charge is 2.33. The lowest BCUT2D eigenvalue weighted by Crippen LogP contribution is -2.36. The summed E-state index contributed by atoms with van der Waals surface area (Å²) in [6, 6.07) is 5.81. The maximum Gasteiger partial charge on any atom is 0.573 e. The molecule has 0 radical (unpaired) electrons. The molecule has 3 nitrogen and oxygen atoms in total. The molecule has 0 saturated carbocycles. The van der Waals surface area contributed by atoms with E-state index in [1.165, 1.54) is 12.1 Å². The zero-order valence-corrected chi connectivity index (χ0v) is 12.9. The van der Waals surface area contributed by atoms with Crippen LogP contribution in [0.25, 0.3) is 0 Å². The first kappa shape index (κ1) is 17.8. The second-order valence-electron chi connectivity index (χ2n) is 6.31. The first-order chi connectivity index (χ1) is 9.53. The lowest BCUT2D eigenvalue weighted by atomic mass is 9.94. The third-order valence-electron chi connectivity index (χ3n) is 2.98. The van der Waals surface area contributed by atoms with Crippen molar-refractivity contribution in [3.8, 4) is 5.75 Å². The Morgan fingerprint density at radius 3 is 2.24 bits per heavy atom. The first-order valence-corrected chi connectivity index (χ1v) is 6.78. The van der Waals surface area contributed by atoms with Crippen LogP contribution in [0.15, 0.2) is 24.3 Å². The summed E-state index contributed by atoms with van der Waals surface area (Å²) in [5.74, 6) is -0.193. The highest BCUT2D eigenvalue weighted by molar-refractivity contribution is 5.36. The Kier molecular flexibility index (Phi) is 5.64. The largest absolute Gasteiger partial charge is 0.573 e. The van der Waals surface area contributed by atoms with E-state index >= 15 is 0 Å². The lowest BCUT2D eigenvalue weighted by Gasteiger charge is -2.33. The van der Waals surface area contributed by atoms with Gasteiger partial charge >= 0.3 is 6.36 Å². The topological polar surface area (TPSA) is 38.5 Å². The number of para-hydroxylation sites is 1. The molecule has 1 atom stereocenters. The van der Waals surface area contributed by atoms with Gasteiger partial charge in [0, 0.05) is 18.7 Å². The summed E-state index contributed by atoms with van der Waals surface area (Å²) in [5, 5.41) is 0. The van der Waals surface area contributed by atoms with E-state index < -0.39 is 6.36 Å². The molecule has 0 bridgehead atoms. The molecule has 0 aliphatic rings. The van der Waals surface area contributed by atoms with Crippen molar-refractivity contribution in [2.24, 2.45) is 11.1 Å². The van der Waals surface area contributed by atoms with Crippen LogP contribution in [-0.4, -0.2) is 31.4 Å². The van der Waals surface area contributed by atoms with Gasteiger partial charge in [0.15, 0.2) is 0 Å². The molecule has 0 aromatic heterocycles. The number of nitrogens with zero attached hydrogens (tertiary/aromatic N) is 1. The molecular formula is C15H23F3N2O. The van der Waals surface area contributed by atoms with Crippen molar-refractivity contribution in [1.29, 1.82) is 0 Å². The van der Waals surface area contributed by atoms with Gasteiger partial charge in [-0.25, -0.2) is 0 Å². The number of hydrogen-bond acceptors (Lipinski definition) is 3. The van der Waals surface area contributed by atoms with Gasteiger partial charge in [0.2, 0.25) is 0 Å². The molecule has 120 valence electrons. The van der Waals surface area contributed by atoms with Crippen LogP contribution in [0.2, 0.25) is 0 Å². The van der Waals surface area contributed by atoms with Gasteiger partial charge < -0.3 is 10.5 Å². The predicted molar refractivity (Wildman–Crippen MR) is 77.0 cm³/mol. The van der Waals surface area contributed by atoms with Crippen molar-refractivity contribution in [2.45, 2.75) is 33.2 Å². The number of rotatable bonds is 5. The Morgan fingerprint density at radius 2 is 1.76 bits per heavy atom. The number of nitrogens with two attached hydrogens (primary N) is 1. The highest BCUT2D eigenvalue weighted by atomic mass is 19.4. The number of ether oxygens (including phenoxy) is 1. The Labute approximate surface area is 123 Å². The van der Waals surface area contributed by atoms with Gasteiger partial charge in [0.25, 0.3) is 0 Å². The normalized spacial score (nSPS) is 14.3. The number of likely N-dealkylation sites (N-methyl/N-ethyl adjacent to an activating group) is 1. The zero-order valence-electron chi connectivity index (χ0n) is 12.9. The van der Waals surface area contributed by atoms with E-state index in [1.807, 2.05) is 11.9 Å². The molecule has 1 rings (SSSR count). The van der Waals surface area contributed by atoms with Crippen molar-refractivity contribution >= 4 is 0 Å². The monoisotopic (exact) mass is 304 g/mol. The van der Waals surface area contributed by atoms with Gasteiger partial charge in [-0.15, -0.1) is 13.2 Å². The molecule has 0 heterocycles. The quantitative estimate of drug-likeness (QED) is 0.904. The molecule has 0 aliphatic heterocycles. The number of halogens is 3. The van der Waals surface area contributed by atoms with E-state index in [0.717, 1.165) is 0 Å². The second-order valence-corrected chi connectivity index (χ2v) is 6.31. The molecule has 0 aliphatic carbocycles. The Morgan fingerprint density at radius 1 is 1.19 bits per heavy atom. The molecule has 1 aromatic carbocycles. The van der Waals surface area contributed by atoms with Gasteiger partial charge in [-0.1, -0.05) is 39.0 Å². The molecular weight excluding hydrogens is 281 g/mol. The molecule has 6 heteroatoms. The van der Waals surface area contributed by atoms with E-state index in [9.17, 15) is 13.2 Å². The van der Waals surface area contributed by atoms with Crippen molar-refractivity contribution in [1.82, 2.24) is 4.90 Å². The fourth-order valence-corrected chi connectivity index (χ4v) is 2.38. The van der Waals surface area contributed by atoms with Crippen LogP contribution in [0.4, 0.5) is 13.2 Å². The Hall–Kier alpha value is -1.27. The Balaban J connectivity index is 3.05. The second kappa shape index (κ2) is 6.66. The van der Waals surface area contributed by atoms with Gasteiger partial charge in [-0.2, -0.15) is 0 Å². The maximum atomic E-state index is 12.5. The predicted octanol–water partition coefficient (Wildman–Crippen LogP) is 3.56. The summed E-state index contributed by atoms with van der Waals surface area (Å²) in [7, 11) is 1.85. The molecule has 0 fully saturated rings. The van der Waals surface area contributed by atoms with Crippen LogP contribution < -0.4 is 10.5 Å². The van der Waals surface area contributed by atoms with Gasteiger partial charge in [0.05, 0.1) is 6.04 Å². The van der Waals surface area contributed by atoms with Crippen LogP contribution in [-0.2, 0) is 0 Å². The van der Waals surface area contributed by atoms with Crippen LogP contribution >= 0.6 is 0 Å². The fourth-order valence-electron chi connectivity index (χ4n) is 2.38. The van der Waals surface area contributed by atoms with E-state index in [4.69, 9.17) is 5.73 Å². The van der Waals surface area contributed by atoms with Crippen LogP contribution in [0.1, 0.15) is 32.4 Å². The third-order valence-corrected chi connectivity index (χ3v) is 2.98. The van der Waals surface area contributed by atoms with Crippen molar-refractivity contribution in [3.63, 3.8) is 0 Å². The first-order valence-electron chi connectivity index (χ1n) is 6.78. The van der Waals surface area contributed by atoms with Crippen molar-refractivity contribution in [2.75, 3.05) is 20.1 Å². The summed E-state index contributed by atoms with van der Waals surface area (Å²) < 4.78 is 41.6. The van der Waals surface area contributed by atoms with E-state index in [0.29, 0.717) is 12.1 Å². The van der Waals surface area contributed by atoms with E-state index in [2.05, 4.69) is 25.5 Å². The van der Waals surface area contributed by atoms with Gasteiger partial charge in [-0.05, 0) is 18.5 Å². The van der Waals surface area contributed by atoms with Crippen molar-refractivity contribution in [3.05, 3.63) is 29.8 Å². The third kappa shape index (κ3) is 5.93. The summed E-state index contributed by atoms with van der Waals surface area (Å²) in [5.41, 5.74) is 6.24. The average molecular weight is 304 g/mol. The lowest BCUT2D eigenvalue weighted by molar-refractivity contribution is -0.275. The standard InChI is InChI=1S/C15H23F3N2O/c1-14(2,3)10-20(4)12(9-19)11-7-5-6-8-13(11)21-15(16,17)18/h5-8,12H,9-10,19H2,1-4H3. The number of alkyl halides is 3. The summed E-state index contributed by atoms with van der Waals surface area (Å²) in [6.45, 7) is 7.11. The van der Waals surface area contributed by atoms with Gasteiger partial charge in [0.1, 0.15) is 5.75 Å². The van der Waals surface area contributed by atoms with E-state index in [1.54, 1.807) is 12.1 Å². The number of benzene rings is 1. The fraction of sp³-hybridized carbons (Fsp3) is 0.600. The highest BCUT2D eigenvalue weighted by Crippen LogP contribution is 2.33.